The number of ether oxygens (including phenoxy) is 1. The maximum Gasteiger partial charge on any atom is 0.238 e. The lowest BCUT2D eigenvalue weighted by molar-refractivity contribution is 0.0824. The highest BCUT2D eigenvalue weighted by atomic mass is 16.6. The molecule has 0 aliphatic carbocycles. The summed E-state index contributed by atoms with van der Waals surface area (Å²) < 4.78 is 12.4. The Balaban J connectivity index is 0.000000181. The van der Waals surface area contributed by atoms with Crippen LogP contribution in [0.3, 0.4) is 0 Å². The zero-order valence-corrected chi connectivity index (χ0v) is 17.1. The van der Waals surface area contributed by atoms with Gasteiger partial charge in [-0.05, 0) is 43.7 Å². The van der Waals surface area contributed by atoms with E-state index in [0.717, 1.165) is 17.0 Å². The van der Waals surface area contributed by atoms with Crippen LogP contribution >= 0.6 is 0 Å². The first-order chi connectivity index (χ1) is 14.7. The molecule has 0 amide bonds. The van der Waals surface area contributed by atoms with E-state index < -0.39 is 0 Å². The second-order valence-electron chi connectivity index (χ2n) is 6.74. The van der Waals surface area contributed by atoms with E-state index in [-0.39, 0.29) is 0 Å². The van der Waals surface area contributed by atoms with E-state index in [2.05, 4.69) is 33.4 Å². The van der Waals surface area contributed by atoms with Crippen LogP contribution in [0.25, 0.3) is 16.7 Å². The summed E-state index contributed by atoms with van der Waals surface area (Å²) in [5, 5.41) is 1.21. The number of methoxy groups -OCH3 is 1. The number of amidine groups is 1. The van der Waals surface area contributed by atoms with Crippen LogP contribution < -0.4 is 10.2 Å². The maximum atomic E-state index is 5.36. The van der Waals surface area contributed by atoms with Crippen LogP contribution in [0.15, 0.2) is 64.6 Å². The van der Waals surface area contributed by atoms with Crippen molar-refractivity contribution >= 4 is 16.8 Å². The molecule has 0 atom stereocenters. The Bertz CT molecular complexity index is 1180. The molecule has 1 aromatic carbocycles. The van der Waals surface area contributed by atoms with Gasteiger partial charge in [0.15, 0.2) is 5.84 Å². The molecule has 0 radical (unpaired) electrons. The lowest BCUT2D eigenvalue weighted by atomic mass is 10.1. The minimum atomic E-state index is 0.509. The molecule has 0 fully saturated rings. The molecule has 0 spiro atoms. The van der Waals surface area contributed by atoms with Crippen LogP contribution in [0.2, 0.25) is 0 Å². The number of aromatic nitrogens is 3. The number of nitrogens with one attached hydrogen (secondary N) is 1. The van der Waals surface area contributed by atoms with Gasteiger partial charge in [0.1, 0.15) is 17.0 Å². The summed E-state index contributed by atoms with van der Waals surface area (Å²) in [4.78, 5) is 18.1. The Hall–Kier alpha value is -3.65. The number of aryl methyl sites for hydroxylation is 2. The third kappa shape index (κ3) is 4.18. The first-order valence-electron chi connectivity index (χ1n) is 9.57. The second-order valence-corrected chi connectivity index (χ2v) is 6.74. The Morgan fingerprint density at radius 1 is 1.13 bits per heavy atom. The highest BCUT2D eigenvalue weighted by Crippen LogP contribution is 2.21. The number of hydrogen-bond donors (Lipinski definition) is 1. The summed E-state index contributed by atoms with van der Waals surface area (Å²) >= 11 is 0. The number of imidazole rings is 1. The third-order valence-electron chi connectivity index (χ3n) is 4.61. The molecule has 154 valence electrons. The molecule has 0 unspecified atom stereocenters. The number of hydroxylamine groups is 1. The molecule has 0 saturated heterocycles. The van der Waals surface area contributed by atoms with Crippen LogP contribution in [-0.2, 0) is 4.84 Å². The van der Waals surface area contributed by atoms with Gasteiger partial charge in [-0.2, -0.15) is 0 Å². The highest BCUT2D eigenvalue weighted by molar-refractivity contribution is 5.96. The molecule has 8 heteroatoms. The maximum absolute atomic E-state index is 5.36. The molecule has 8 nitrogen and oxygen atoms in total. The standard InChI is InChI=1S/C13H15N5O2.C9H8O/c1-9-7-18(8-15-9)11-4-3-10(16-13(11)19-2)12-14-5-6-20-17-12;1-7-3-2-4-9-8(7)5-6-10-9/h3-4,7-8H,5-6H2,1-2H3,(H,14,17);2-6H,1H3. The largest absolute Gasteiger partial charge is 0.479 e. The number of hydrogen-bond acceptors (Lipinski definition) is 7. The monoisotopic (exact) mass is 405 g/mol. The Labute approximate surface area is 174 Å². The minimum Gasteiger partial charge on any atom is -0.479 e. The number of rotatable bonds is 3. The summed E-state index contributed by atoms with van der Waals surface area (Å²) in [5.74, 6) is 1.12. The molecule has 3 aromatic heterocycles. The van der Waals surface area contributed by atoms with E-state index in [9.17, 15) is 0 Å². The zero-order valence-electron chi connectivity index (χ0n) is 17.1. The van der Waals surface area contributed by atoms with Gasteiger partial charge in [0.05, 0.1) is 38.5 Å². The van der Waals surface area contributed by atoms with Crippen molar-refractivity contribution < 1.29 is 14.0 Å². The van der Waals surface area contributed by atoms with Gasteiger partial charge in [-0.3, -0.25) is 9.83 Å². The predicted octanol–water partition coefficient (Wildman–Crippen LogP) is 3.61. The molecule has 0 bridgehead atoms. The molecular weight excluding hydrogens is 382 g/mol. The van der Waals surface area contributed by atoms with Gasteiger partial charge in [-0.1, -0.05) is 12.1 Å². The molecule has 1 aliphatic heterocycles. The molecule has 0 saturated carbocycles. The van der Waals surface area contributed by atoms with E-state index >= 15 is 0 Å². The summed E-state index contributed by atoms with van der Waals surface area (Å²) in [7, 11) is 1.59. The van der Waals surface area contributed by atoms with Gasteiger partial charge in [-0.25, -0.2) is 15.4 Å². The van der Waals surface area contributed by atoms with Crippen molar-refractivity contribution in [2.45, 2.75) is 13.8 Å². The van der Waals surface area contributed by atoms with Crippen LogP contribution in [0.1, 0.15) is 17.0 Å². The molecule has 4 aromatic rings. The average molecular weight is 405 g/mol. The molecule has 30 heavy (non-hydrogen) atoms. The Morgan fingerprint density at radius 3 is 2.73 bits per heavy atom. The van der Waals surface area contributed by atoms with E-state index in [0.29, 0.717) is 30.6 Å². The minimum absolute atomic E-state index is 0.509. The van der Waals surface area contributed by atoms with Crippen molar-refractivity contribution in [1.29, 1.82) is 0 Å². The van der Waals surface area contributed by atoms with Crippen molar-refractivity contribution in [2.24, 2.45) is 4.99 Å². The topological polar surface area (TPSA) is 86.7 Å². The van der Waals surface area contributed by atoms with Crippen molar-refractivity contribution in [3.05, 3.63) is 72.1 Å². The van der Waals surface area contributed by atoms with Gasteiger partial charge < -0.3 is 13.7 Å². The van der Waals surface area contributed by atoms with Crippen LogP contribution in [-0.4, -0.2) is 40.6 Å². The fraction of sp³-hybridized carbons (Fsp3) is 0.227. The molecule has 1 N–H and O–H groups in total. The van der Waals surface area contributed by atoms with Gasteiger partial charge in [-0.15, -0.1) is 0 Å². The van der Waals surface area contributed by atoms with Gasteiger partial charge in [0.25, 0.3) is 0 Å². The van der Waals surface area contributed by atoms with Gasteiger partial charge in [0.2, 0.25) is 5.88 Å². The molecule has 1 aliphatic rings. The molecule has 4 heterocycles. The van der Waals surface area contributed by atoms with Gasteiger partial charge >= 0.3 is 0 Å². The fourth-order valence-corrected chi connectivity index (χ4v) is 3.10. The van der Waals surface area contributed by atoms with Crippen molar-refractivity contribution in [2.75, 3.05) is 20.3 Å². The van der Waals surface area contributed by atoms with Crippen LogP contribution in [0, 0.1) is 13.8 Å². The lowest BCUT2D eigenvalue weighted by Crippen LogP contribution is -2.31. The number of aliphatic imine (C=N–C) groups is 1. The lowest BCUT2D eigenvalue weighted by Gasteiger charge is -2.15. The van der Waals surface area contributed by atoms with E-state index in [1.165, 1.54) is 10.9 Å². The zero-order chi connectivity index (χ0) is 20.9. The van der Waals surface area contributed by atoms with E-state index in [4.69, 9.17) is 14.0 Å². The first-order valence-corrected chi connectivity index (χ1v) is 9.57. The summed E-state index contributed by atoms with van der Waals surface area (Å²) in [6.45, 7) is 5.20. The third-order valence-corrected chi connectivity index (χ3v) is 4.61. The average Bonchev–Trinajstić information content (AvgIpc) is 3.44. The SMILES string of the molecule is COc1nc(C2=NCCON2)ccc1-n1cnc(C)c1.Cc1cccc2occc12. The Morgan fingerprint density at radius 2 is 2.03 bits per heavy atom. The summed E-state index contributed by atoms with van der Waals surface area (Å²) in [6.07, 6.45) is 5.37. The number of fused-ring (bicyclic) bond motifs is 1. The van der Waals surface area contributed by atoms with E-state index in [1.807, 2.05) is 48.0 Å². The number of benzene rings is 1. The smallest absolute Gasteiger partial charge is 0.238 e. The number of nitrogens with zero attached hydrogens (tertiary/aromatic N) is 4. The first kappa shape index (κ1) is 19.7. The summed E-state index contributed by atoms with van der Waals surface area (Å²) in [5.41, 5.74) is 7.45. The quantitative estimate of drug-likeness (QED) is 0.560. The number of pyridine rings is 1. The number of furan rings is 1. The van der Waals surface area contributed by atoms with Crippen LogP contribution in [0.5, 0.6) is 5.88 Å². The van der Waals surface area contributed by atoms with Gasteiger partial charge in [0, 0.05) is 11.6 Å². The summed E-state index contributed by atoms with van der Waals surface area (Å²) in [6, 6.07) is 11.8. The Kier molecular flexibility index (Phi) is 5.76. The fourth-order valence-electron chi connectivity index (χ4n) is 3.10. The highest BCUT2D eigenvalue weighted by Gasteiger charge is 2.14. The predicted molar refractivity (Wildman–Crippen MR) is 114 cm³/mol. The second kappa shape index (κ2) is 8.79. The van der Waals surface area contributed by atoms with Crippen molar-refractivity contribution in [1.82, 2.24) is 20.0 Å². The molecule has 5 rings (SSSR count). The normalized spacial score (nSPS) is 13.2. The van der Waals surface area contributed by atoms with Crippen molar-refractivity contribution in [3.8, 4) is 11.6 Å². The van der Waals surface area contributed by atoms with E-state index in [1.54, 1.807) is 19.7 Å². The van der Waals surface area contributed by atoms with Crippen molar-refractivity contribution in [3.63, 3.8) is 0 Å². The molecular formula is C22H23N5O3. The van der Waals surface area contributed by atoms with Crippen LogP contribution in [0.4, 0.5) is 0 Å².